The first kappa shape index (κ1) is 19.6. The van der Waals surface area contributed by atoms with E-state index in [-0.39, 0.29) is 17.2 Å². The van der Waals surface area contributed by atoms with Crippen molar-refractivity contribution in [2.24, 2.45) is 7.05 Å². The van der Waals surface area contributed by atoms with Gasteiger partial charge in [-0.1, -0.05) is 43.2 Å². The number of aromatic nitrogens is 1. The molecule has 0 bridgehead atoms. The Morgan fingerprint density at radius 3 is 2.39 bits per heavy atom. The van der Waals surface area contributed by atoms with E-state index in [4.69, 9.17) is 0 Å². The highest BCUT2D eigenvalue weighted by Crippen LogP contribution is 2.14. The predicted molar refractivity (Wildman–Crippen MR) is 110 cm³/mol. The second-order valence-corrected chi connectivity index (χ2v) is 7.00. The lowest BCUT2D eigenvalue weighted by Crippen LogP contribution is -2.33. The molecule has 1 saturated heterocycles. The molecule has 0 radical (unpaired) electrons. The van der Waals surface area contributed by atoms with E-state index >= 15 is 0 Å². The number of carbonyl (C=O) groups is 2. The number of nitrogens with one attached hydrogen (secondary N) is 1. The number of carbonyl (C=O) groups excluding carboxylic acids is 2. The van der Waals surface area contributed by atoms with Crippen LogP contribution in [0.5, 0.6) is 0 Å². The van der Waals surface area contributed by atoms with Gasteiger partial charge in [0, 0.05) is 32.4 Å². The van der Waals surface area contributed by atoms with Crippen LogP contribution in [0, 0.1) is 0 Å². The molecule has 1 N–H and O–H groups in total. The summed E-state index contributed by atoms with van der Waals surface area (Å²) >= 11 is 0. The molecule has 0 saturated carbocycles. The van der Waals surface area contributed by atoms with Crippen LogP contribution in [-0.2, 0) is 11.8 Å². The Kier molecular flexibility index (Phi) is 6.42. The van der Waals surface area contributed by atoms with Gasteiger partial charge in [-0.15, -0.1) is 0 Å². The number of amides is 2. The summed E-state index contributed by atoms with van der Waals surface area (Å²) in [5.41, 5.74) is 1.04. The van der Waals surface area contributed by atoms with Crippen molar-refractivity contribution >= 4 is 23.6 Å². The third-order valence-electron chi connectivity index (χ3n) is 4.81. The summed E-state index contributed by atoms with van der Waals surface area (Å²) in [4.78, 5) is 39.3. The molecule has 1 aromatic carbocycles. The van der Waals surface area contributed by atoms with E-state index < -0.39 is 5.91 Å². The van der Waals surface area contributed by atoms with Crippen molar-refractivity contribution in [3.8, 4) is 0 Å². The number of likely N-dealkylation sites (tertiary alicyclic amines) is 1. The minimum atomic E-state index is -0.416. The smallest absolute Gasteiger partial charge is 0.274 e. The van der Waals surface area contributed by atoms with Crippen LogP contribution in [0.15, 0.2) is 53.5 Å². The molecule has 0 spiro atoms. The van der Waals surface area contributed by atoms with Crippen molar-refractivity contribution in [3.05, 3.63) is 70.2 Å². The second-order valence-electron chi connectivity index (χ2n) is 7.00. The molecule has 28 heavy (non-hydrogen) atoms. The normalized spacial score (nSPS) is 14.7. The molecule has 1 aliphatic rings. The van der Waals surface area contributed by atoms with Gasteiger partial charge in [0.1, 0.15) is 5.69 Å². The zero-order valence-corrected chi connectivity index (χ0v) is 16.1. The summed E-state index contributed by atoms with van der Waals surface area (Å²) in [6.07, 6.45) is 8.82. The molecule has 146 valence electrons. The second kappa shape index (κ2) is 9.17. The number of pyridine rings is 1. The summed E-state index contributed by atoms with van der Waals surface area (Å²) in [7, 11) is 1.58. The number of rotatable bonds is 4. The molecule has 2 heterocycles. The van der Waals surface area contributed by atoms with Crippen molar-refractivity contribution in [1.82, 2.24) is 9.47 Å². The standard InChI is InChI=1S/C22H25N3O3/c1-24-16-18(21(27)25-13-7-2-3-8-14-25)15-19(22(24)28)23-20(26)12-11-17-9-5-4-6-10-17/h4-6,9-12,15-16H,2-3,7-8,13-14H2,1H3,(H,23,26)/b12-11-. The van der Waals surface area contributed by atoms with Crippen LogP contribution in [0.25, 0.3) is 6.08 Å². The van der Waals surface area contributed by atoms with Gasteiger partial charge >= 0.3 is 0 Å². The maximum Gasteiger partial charge on any atom is 0.274 e. The fraction of sp³-hybridized carbons (Fsp3) is 0.318. The first-order valence-corrected chi connectivity index (χ1v) is 9.58. The van der Waals surface area contributed by atoms with E-state index in [1.807, 2.05) is 35.2 Å². The maximum atomic E-state index is 12.8. The SMILES string of the molecule is Cn1cc(C(=O)N2CCCCCC2)cc(NC(=O)/C=C\c2ccccc2)c1=O. The van der Waals surface area contributed by atoms with Crippen molar-refractivity contribution in [2.75, 3.05) is 18.4 Å². The Bertz CT molecular complexity index is 924. The van der Waals surface area contributed by atoms with Gasteiger partial charge in [0.2, 0.25) is 5.91 Å². The van der Waals surface area contributed by atoms with Crippen molar-refractivity contribution in [1.29, 1.82) is 0 Å². The van der Waals surface area contributed by atoms with Crippen molar-refractivity contribution in [2.45, 2.75) is 25.7 Å². The van der Waals surface area contributed by atoms with Crippen LogP contribution in [0.3, 0.4) is 0 Å². The summed E-state index contributed by atoms with van der Waals surface area (Å²) in [6, 6.07) is 10.9. The molecule has 1 aliphatic heterocycles. The van der Waals surface area contributed by atoms with E-state index in [2.05, 4.69) is 5.32 Å². The largest absolute Gasteiger partial charge is 0.339 e. The Balaban J connectivity index is 1.77. The molecule has 6 heteroatoms. The monoisotopic (exact) mass is 379 g/mol. The molecule has 0 aliphatic carbocycles. The fourth-order valence-electron chi connectivity index (χ4n) is 3.29. The molecular weight excluding hydrogens is 354 g/mol. The zero-order valence-electron chi connectivity index (χ0n) is 16.1. The van der Waals surface area contributed by atoms with E-state index in [9.17, 15) is 14.4 Å². The molecular formula is C22H25N3O3. The van der Waals surface area contributed by atoms with Crippen LogP contribution in [0.4, 0.5) is 5.69 Å². The van der Waals surface area contributed by atoms with E-state index in [1.54, 1.807) is 13.1 Å². The van der Waals surface area contributed by atoms with E-state index in [1.165, 1.54) is 22.9 Å². The van der Waals surface area contributed by atoms with Crippen molar-refractivity contribution < 1.29 is 9.59 Å². The highest BCUT2D eigenvalue weighted by Gasteiger charge is 2.19. The highest BCUT2D eigenvalue weighted by molar-refractivity contribution is 6.03. The average Bonchev–Trinajstić information content (AvgIpc) is 2.99. The van der Waals surface area contributed by atoms with Gasteiger partial charge < -0.3 is 14.8 Å². The van der Waals surface area contributed by atoms with Gasteiger partial charge in [-0.05, 0) is 30.5 Å². The fourth-order valence-corrected chi connectivity index (χ4v) is 3.29. The molecule has 0 atom stereocenters. The average molecular weight is 379 g/mol. The first-order valence-electron chi connectivity index (χ1n) is 9.58. The maximum absolute atomic E-state index is 12.8. The van der Waals surface area contributed by atoms with Crippen LogP contribution < -0.4 is 10.9 Å². The van der Waals surface area contributed by atoms with Gasteiger partial charge in [-0.2, -0.15) is 0 Å². The Hall–Kier alpha value is -3.15. The summed E-state index contributed by atoms with van der Waals surface area (Å²) < 4.78 is 1.33. The quantitative estimate of drug-likeness (QED) is 0.830. The van der Waals surface area contributed by atoms with Gasteiger partial charge in [0.05, 0.1) is 5.56 Å². The molecule has 1 fully saturated rings. The lowest BCUT2D eigenvalue weighted by atomic mass is 10.2. The predicted octanol–water partition coefficient (Wildman–Crippen LogP) is 3.05. The Morgan fingerprint density at radius 1 is 1.04 bits per heavy atom. The summed E-state index contributed by atoms with van der Waals surface area (Å²) in [5.74, 6) is -0.520. The molecule has 2 amide bonds. The van der Waals surface area contributed by atoms with Gasteiger partial charge in [-0.3, -0.25) is 14.4 Å². The molecule has 2 aromatic rings. The lowest BCUT2D eigenvalue weighted by molar-refractivity contribution is -0.111. The molecule has 3 rings (SSSR count). The van der Waals surface area contributed by atoms with E-state index in [0.29, 0.717) is 5.56 Å². The number of hydrogen-bond donors (Lipinski definition) is 1. The number of hydrogen-bond acceptors (Lipinski definition) is 3. The lowest BCUT2D eigenvalue weighted by Gasteiger charge is -2.21. The van der Waals surface area contributed by atoms with Crippen LogP contribution in [0.1, 0.15) is 41.6 Å². The third kappa shape index (κ3) is 4.97. The van der Waals surface area contributed by atoms with Gasteiger partial charge in [0.15, 0.2) is 0 Å². The topological polar surface area (TPSA) is 71.4 Å². The number of benzene rings is 1. The molecule has 0 unspecified atom stereocenters. The van der Waals surface area contributed by atoms with E-state index in [0.717, 1.165) is 44.3 Å². The third-order valence-corrected chi connectivity index (χ3v) is 4.81. The van der Waals surface area contributed by atoms with Crippen LogP contribution in [0.2, 0.25) is 0 Å². The number of anilines is 1. The number of aryl methyl sites for hydroxylation is 1. The summed E-state index contributed by atoms with van der Waals surface area (Å²) in [6.45, 7) is 1.45. The van der Waals surface area contributed by atoms with Gasteiger partial charge in [-0.25, -0.2) is 0 Å². The van der Waals surface area contributed by atoms with Gasteiger partial charge in [0.25, 0.3) is 11.5 Å². The minimum Gasteiger partial charge on any atom is -0.339 e. The van der Waals surface area contributed by atoms with Crippen LogP contribution >= 0.6 is 0 Å². The number of nitrogens with zero attached hydrogens (tertiary/aromatic N) is 2. The van der Waals surface area contributed by atoms with Crippen LogP contribution in [-0.4, -0.2) is 34.4 Å². The van der Waals surface area contributed by atoms with Crippen molar-refractivity contribution in [3.63, 3.8) is 0 Å². The minimum absolute atomic E-state index is 0.103. The summed E-state index contributed by atoms with van der Waals surface area (Å²) in [5, 5.41) is 2.60. The first-order chi connectivity index (χ1) is 13.5. The molecule has 6 nitrogen and oxygen atoms in total. The Morgan fingerprint density at radius 2 is 1.71 bits per heavy atom. The molecule has 1 aromatic heterocycles. The highest BCUT2D eigenvalue weighted by atomic mass is 16.2. The zero-order chi connectivity index (χ0) is 19.9. The Labute approximate surface area is 164 Å².